The standard InChI is InChI=1S/C13H18Cl2F2N4O3S/c1-18-13(19-3-4-21-25(2,22)23)20-7-8-5-9(14)6-10(15)11(8)24-12(16)17/h5-6,12,21H,3-4,7H2,1-2H3,(H2,18,19,20). The van der Waals surface area contributed by atoms with Crippen molar-refractivity contribution in [3.63, 3.8) is 0 Å². The molecule has 0 fully saturated rings. The van der Waals surface area contributed by atoms with Crippen LogP contribution in [-0.4, -0.2) is 47.4 Å². The van der Waals surface area contributed by atoms with Crippen LogP contribution in [0.15, 0.2) is 17.1 Å². The van der Waals surface area contributed by atoms with Crippen molar-refractivity contribution < 1.29 is 21.9 Å². The summed E-state index contributed by atoms with van der Waals surface area (Å²) in [4.78, 5) is 3.93. The van der Waals surface area contributed by atoms with Gasteiger partial charge in [0.1, 0.15) is 5.75 Å². The third-order valence-corrected chi connectivity index (χ3v) is 3.97. The van der Waals surface area contributed by atoms with E-state index in [2.05, 4.69) is 25.1 Å². The molecule has 0 atom stereocenters. The minimum atomic E-state index is -3.28. The van der Waals surface area contributed by atoms with Gasteiger partial charge >= 0.3 is 6.61 Å². The van der Waals surface area contributed by atoms with E-state index in [4.69, 9.17) is 23.2 Å². The molecule has 25 heavy (non-hydrogen) atoms. The molecule has 0 radical (unpaired) electrons. The number of hydrogen-bond acceptors (Lipinski definition) is 4. The molecule has 0 aliphatic rings. The van der Waals surface area contributed by atoms with Crippen LogP contribution < -0.4 is 20.1 Å². The van der Waals surface area contributed by atoms with Crippen molar-refractivity contribution in [3.05, 3.63) is 27.7 Å². The molecular formula is C13H18Cl2F2N4O3S. The molecule has 3 N–H and O–H groups in total. The first kappa shape index (κ1) is 21.7. The van der Waals surface area contributed by atoms with E-state index in [1.807, 2.05) is 0 Å². The average molecular weight is 419 g/mol. The van der Waals surface area contributed by atoms with Crippen LogP contribution in [0.1, 0.15) is 5.56 Å². The zero-order chi connectivity index (χ0) is 19.0. The van der Waals surface area contributed by atoms with Crippen molar-refractivity contribution in [2.75, 3.05) is 26.4 Å². The highest BCUT2D eigenvalue weighted by atomic mass is 35.5. The summed E-state index contributed by atoms with van der Waals surface area (Å²) in [5.74, 6) is 0.150. The van der Waals surface area contributed by atoms with Crippen molar-refractivity contribution >= 4 is 39.2 Å². The molecule has 1 aromatic rings. The maximum atomic E-state index is 12.5. The number of sulfonamides is 1. The quantitative estimate of drug-likeness (QED) is 0.340. The Balaban J connectivity index is 2.68. The van der Waals surface area contributed by atoms with Crippen LogP contribution in [0.5, 0.6) is 5.75 Å². The van der Waals surface area contributed by atoms with Crippen LogP contribution in [0.25, 0.3) is 0 Å². The molecule has 0 saturated heterocycles. The zero-order valence-corrected chi connectivity index (χ0v) is 15.8. The lowest BCUT2D eigenvalue weighted by molar-refractivity contribution is -0.0504. The lowest BCUT2D eigenvalue weighted by Crippen LogP contribution is -2.41. The van der Waals surface area contributed by atoms with Gasteiger partial charge in [-0.25, -0.2) is 13.1 Å². The minimum absolute atomic E-state index is 0.0371. The Labute approximate surface area is 154 Å². The van der Waals surface area contributed by atoms with Gasteiger partial charge in [-0.15, -0.1) is 0 Å². The molecular weight excluding hydrogens is 401 g/mol. The Morgan fingerprint density at radius 3 is 2.52 bits per heavy atom. The second kappa shape index (κ2) is 9.95. The van der Waals surface area contributed by atoms with Gasteiger partial charge in [-0.2, -0.15) is 8.78 Å². The van der Waals surface area contributed by atoms with Crippen molar-refractivity contribution in [2.24, 2.45) is 4.99 Å². The fourth-order valence-corrected chi connectivity index (χ4v) is 2.84. The molecule has 0 amide bonds. The van der Waals surface area contributed by atoms with Gasteiger partial charge in [0.15, 0.2) is 5.96 Å². The number of rotatable bonds is 8. The van der Waals surface area contributed by atoms with E-state index in [1.54, 1.807) is 0 Å². The summed E-state index contributed by atoms with van der Waals surface area (Å²) in [6, 6.07) is 2.74. The van der Waals surface area contributed by atoms with Gasteiger partial charge in [-0.05, 0) is 12.1 Å². The number of aliphatic imine (C=N–C) groups is 1. The number of benzene rings is 1. The molecule has 0 aliphatic carbocycles. The lowest BCUT2D eigenvalue weighted by atomic mass is 10.2. The first-order valence-electron chi connectivity index (χ1n) is 6.94. The average Bonchev–Trinajstić information content (AvgIpc) is 2.48. The smallest absolute Gasteiger partial charge is 0.387 e. The SMILES string of the molecule is CN=C(NCCNS(C)(=O)=O)NCc1cc(Cl)cc(Cl)c1OC(F)F. The van der Waals surface area contributed by atoms with Crippen LogP contribution in [0, 0.1) is 0 Å². The summed E-state index contributed by atoms with van der Waals surface area (Å²) in [5.41, 5.74) is 0.315. The fourth-order valence-electron chi connectivity index (χ4n) is 1.78. The van der Waals surface area contributed by atoms with Crippen LogP contribution in [0.4, 0.5) is 8.78 Å². The van der Waals surface area contributed by atoms with Gasteiger partial charge in [0.05, 0.1) is 11.3 Å². The number of guanidine groups is 1. The van der Waals surface area contributed by atoms with E-state index in [0.29, 0.717) is 11.5 Å². The van der Waals surface area contributed by atoms with Crippen LogP contribution in [-0.2, 0) is 16.6 Å². The molecule has 7 nitrogen and oxygen atoms in total. The topological polar surface area (TPSA) is 91.8 Å². The first-order valence-corrected chi connectivity index (χ1v) is 9.59. The summed E-state index contributed by atoms with van der Waals surface area (Å²) in [6.45, 7) is -2.55. The van der Waals surface area contributed by atoms with Gasteiger partial charge in [-0.3, -0.25) is 4.99 Å². The highest BCUT2D eigenvalue weighted by Gasteiger charge is 2.15. The highest BCUT2D eigenvalue weighted by Crippen LogP contribution is 2.33. The first-order chi connectivity index (χ1) is 11.6. The maximum absolute atomic E-state index is 12.5. The Bertz CT molecular complexity index is 717. The monoisotopic (exact) mass is 418 g/mol. The van der Waals surface area contributed by atoms with Gasteiger partial charge in [0.2, 0.25) is 10.0 Å². The second-order valence-electron chi connectivity index (χ2n) is 4.77. The fraction of sp³-hybridized carbons (Fsp3) is 0.462. The summed E-state index contributed by atoms with van der Waals surface area (Å²) in [6.07, 6.45) is 1.05. The largest absolute Gasteiger partial charge is 0.433 e. The Morgan fingerprint density at radius 2 is 1.96 bits per heavy atom. The highest BCUT2D eigenvalue weighted by molar-refractivity contribution is 7.88. The third-order valence-electron chi connectivity index (χ3n) is 2.74. The van der Waals surface area contributed by atoms with Crippen LogP contribution in [0.3, 0.4) is 0 Å². The van der Waals surface area contributed by atoms with Gasteiger partial charge in [-0.1, -0.05) is 23.2 Å². The van der Waals surface area contributed by atoms with E-state index >= 15 is 0 Å². The van der Waals surface area contributed by atoms with Gasteiger partial charge in [0.25, 0.3) is 0 Å². The Morgan fingerprint density at radius 1 is 1.28 bits per heavy atom. The molecule has 0 unspecified atom stereocenters. The zero-order valence-electron chi connectivity index (χ0n) is 13.4. The second-order valence-corrected chi connectivity index (χ2v) is 7.45. The normalized spacial score (nSPS) is 12.4. The number of halogens is 4. The molecule has 1 rings (SSSR count). The summed E-state index contributed by atoms with van der Waals surface area (Å²) < 4.78 is 53.7. The predicted molar refractivity (Wildman–Crippen MR) is 94.1 cm³/mol. The van der Waals surface area contributed by atoms with Crippen LogP contribution >= 0.6 is 23.2 Å². The number of nitrogens with zero attached hydrogens (tertiary/aromatic N) is 1. The number of hydrogen-bond donors (Lipinski definition) is 3. The van der Waals surface area contributed by atoms with Gasteiger partial charge < -0.3 is 15.4 Å². The molecule has 0 spiro atoms. The van der Waals surface area contributed by atoms with E-state index in [-0.39, 0.29) is 35.4 Å². The molecule has 1 aromatic carbocycles. The summed E-state index contributed by atoms with van der Waals surface area (Å²) >= 11 is 11.8. The molecule has 0 heterocycles. The molecule has 0 aliphatic heterocycles. The third kappa shape index (κ3) is 8.52. The van der Waals surface area contributed by atoms with Crippen molar-refractivity contribution in [3.8, 4) is 5.75 Å². The Hall–Kier alpha value is -1.36. The van der Waals surface area contributed by atoms with E-state index in [0.717, 1.165) is 6.26 Å². The summed E-state index contributed by atoms with van der Waals surface area (Å²) in [5, 5.41) is 5.96. The van der Waals surface area contributed by atoms with Crippen molar-refractivity contribution in [1.29, 1.82) is 0 Å². The molecule has 12 heteroatoms. The Kier molecular flexibility index (Phi) is 8.63. The molecule has 0 saturated carbocycles. The van der Waals surface area contributed by atoms with E-state index in [9.17, 15) is 17.2 Å². The molecule has 0 aromatic heterocycles. The number of alkyl halides is 2. The summed E-state index contributed by atoms with van der Waals surface area (Å²) in [7, 11) is -1.78. The van der Waals surface area contributed by atoms with Gasteiger partial charge in [0, 0.05) is 37.3 Å². The molecule has 0 bridgehead atoms. The molecule has 142 valence electrons. The van der Waals surface area contributed by atoms with Crippen LogP contribution in [0.2, 0.25) is 10.0 Å². The van der Waals surface area contributed by atoms with Crippen molar-refractivity contribution in [2.45, 2.75) is 13.2 Å². The van der Waals surface area contributed by atoms with E-state index < -0.39 is 16.6 Å². The van der Waals surface area contributed by atoms with E-state index in [1.165, 1.54) is 19.2 Å². The number of nitrogens with one attached hydrogen (secondary N) is 3. The minimum Gasteiger partial charge on any atom is -0.433 e. The number of ether oxygens (including phenoxy) is 1. The predicted octanol–water partition coefficient (Wildman–Crippen LogP) is 1.81. The van der Waals surface area contributed by atoms with Crippen molar-refractivity contribution in [1.82, 2.24) is 15.4 Å². The lowest BCUT2D eigenvalue weighted by Gasteiger charge is -2.16. The maximum Gasteiger partial charge on any atom is 0.387 e.